The highest BCUT2D eigenvalue weighted by Gasteiger charge is 2.10. The van der Waals surface area contributed by atoms with Crippen molar-refractivity contribution in [1.29, 1.82) is 0 Å². The van der Waals surface area contributed by atoms with E-state index >= 15 is 0 Å². The van der Waals surface area contributed by atoms with Crippen LogP contribution in [-0.4, -0.2) is 44.3 Å². The topological polar surface area (TPSA) is 63.7 Å². The lowest BCUT2D eigenvalue weighted by Crippen LogP contribution is -2.25. The first kappa shape index (κ1) is 21.7. The number of carbonyl (C=O) groups excluding carboxylic acids is 1. The van der Waals surface area contributed by atoms with E-state index in [2.05, 4.69) is 29.0 Å². The molecule has 1 heterocycles. The molecule has 6 heteroatoms. The lowest BCUT2D eigenvalue weighted by molar-refractivity contribution is 0.0950. The quantitative estimate of drug-likeness (QED) is 0.565. The van der Waals surface area contributed by atoms with Gasteiger partial charge in [0, 0.05) is 49.8 Å². The highest BCUT2D eigenvalue weighted by molar-refractivity contribution is 5.94. The second-order valence-electron chi connectivity index (χ2n) is 6.47. The number of rotatable bonds is 12. The van der Waals surface area contributed by atoms with E-state index in [0.29, 0.717) is 31.2 Å². The minimum Gasteiger partial charge on any atom is -0.475 e. The Morgan fingerprint density at radius 2 is 1.93 bits per heavy atom. The zero-order valence-corrected chi connectivity index (χ0v) is 17.1. The highest BCUT2D eigenvalue weighted by atomic mass is 16.5. The van der Waals surface area contributed by atoms with Crippen molar-refractivity contribution < 1.29 is 14.3 Å². The number of hydrogen-bond acceptors (Lipinski definition) is 5. The molecule has 0 aliphatic carbocycles. The average molecular weight is 386 g/mol. The van der Waals surface area contributed by atoms with Crippen LogP contribution < -0.4 is 15.0 Å². The van der Waals surface area contributed by atoms with Crippen LogP contribution in [0, 0.1) is 0 Å². The first-order valence-electron chi connectivity index (χ1n) is 9.88. The molecule has 2 rings (SSSR count). The van der Waals surface area contributed by atoms with Crippen molar-refractivity contribution in [2.75, 3.05) is 38.3 Å². The van der Waals surface area contributed by atoms with Crippen molar-refractivity contribution in [3.63, 3.8) is 0 Å². The van der Waals surface area contributed by atoms with E-state index in [-0.39, 0.29) is 5.91 Å². The van der Waals surface area contributed by atoms with Gasteiger partial charge in [0.15, 0.2) is 0 Å². The van der Waals surface area contributed by atoms with Gasteiger partial charge in [-0.3, -0.25) is 4.79 Å². The van der Waals surface area contributed by atoms with Crippen LogP contribution in [0.3, 0.4) is 0 Å². The zero-order chi connectivity index (χ0) is 20.2. The number of nitrogens with one attached hydrogen (secondary N) is 1. The minimum absolute atomic E-state index is 0.116. The molecule has 0 atom stereocenters. The van der Waals surface area contributed by atoms with Crippen LogP contribution in [-0.2, 0) is 11.3 Å². The molecule has 1 aromatic carbocycles. The van der Waals surface area contributed by atoms with Gasteiger partial charge in [0.2, 0.25) is 5.88 Å². The summed E-state index contributed by atoms with van der Waals surface area (Å²) in [5.74, 6) is 0.402. The number of ether oxygens (including phenoxy) is 2. The van der Waals surface area contributed by atoms with Gasteiger partial charge in [-0.25, -0.2) is 4.98 Å². The van der Waals surface area contributed by atoms with E-state index in [4.69, 9.17) is 9.47 Å². The molecule has 0 bridgehead atoms. The number of anilines is 1. The zero-order valence-electron chi connectivity index (χ0n) is 17.1. The summed E-state index contributed by atoms with van der Waals surface area (Å²) in [6.07, 6.45) is 4.00. The Labute approximate surface area is 167 Å². The molecular formula is C22H31N3O3. The summed E-state index contributed by atoms with van der Waals surface area (Å²) in [5, 5.41) is 2.94. The third kappa shape index (κ3) is 6.53. The SMILES string of the molecule is CCCCN(CC)c1ccc(C(=O)NCc2cccnc2OCCOC)cc1. The molecule has 0 unspecified atom stereocenters. The summed E-state index contributed by atoms with van der Waals surface area (Å²) < 4.78 is 10.6. The predicted octanol–water partition coefficient (Wildman–Crippen LogP) is 3.66. The van der Waals surface area contributed by atoms with Crippen molar-refractivity contribution in [3.05, 3.63) is 53.7 Å². The Balaban J connectivity index is 1.94. The molecular weight excluding hydrogens is 354 g/mol. The number of benzene rings is 1. The molecule has 0 aliphatic heterocycles. The Morgan fingerprint density at radius 1 is 1.14 bits per heavy atom. The lowest BCUT2D eigenvalue weighted by Gasteiger charge is -2.23. The smallest absolute Gasteiger partial charge is 0.251 e. The van der Waals surface area contributed by atoms with Crippen LogP contribution in [0.5, 0.6) is 5.88 Å². The lowest BCUT2D eigenvalue weighted by atomic mass is 10.1. The van der Waals surface area contributed by atoms with Crippen molar-refractivity contribution in [2.45, 2.75) is 33.2 Å². The van der Waals surface area contributed by atoms with E-state index in [0.717, 1.165) is 30.8 Å². The number of pyridine rings is 1. The van der Waals surface area contributed by atoms with Gasteiger partial charge in [0.05, 0.1) is 6.61 Å². The number of aromatic nitrogens is 1. The largest absolute Gasteiger partial charge is 0.475 e. The van der Waals surface area contributed by atoms with E-state index in [1.54, 1.807) is 13.3 Å². The predicted molar refractivity (Wildman–Crippen MR) is 112 cm³/mol. The van der Waals surface area contributed by atoms with Gasteiger partial charge in [0.1, 0.15) is 6.61 Å². The summed E-state index contributed by atoms with van der Waals surface area (Å²) in [7, 11) is 1.62. The van der Waals surface area contributed by atoms with Gasteiger partial charge < -0.3 is 19.7 Å². The van der Waals surface area contributed by atoms with Gasteiger partial charge >= 0.3 is 0 Å². The van der Waals surface area contributed by atoms with E-state index in [1.807, 2.05) is 36.4 Å². The average Bonchev–Trinajstić information content (AvgIpc) is 2.74. The molecule has 6 nitrogen and oxygen atoms in total. The molecule has 0 fully saturated rings. The molecule has 2 aromatic rings. The van der Waals surface area contributed by atoms with Crippen molar-refractivity contribution in [2.24, 2.45) is 0 Å². The fraction of sp³-hybridized carbons (Fsp3) is 0.455. The maximum absolute atomic E-state index is 12.5. The van der Waals surface area contributed by atoms with Gasteiger partial charge in [-0.15, -0.1) is 0 Å². The molecule has 28 heavy (non-hydrogen) atoms. The second-order valence-corrected chi connectivity index (χ2v) is 6.47. The van der Waals surface area contributed by atoms with E-state index < -0.39 is 0 Å². The van der Waals surface area contributed by atoms with Crippen LogP contribution in [0.1, 0.15) is 42.6 Å². The summed E-state index contributed by atoms with van der Waals surface area (Å²) in [4.78, 5) is 19.1. The number of carbonyl (C=O) groups is 1. The number of methoxy groups -OCH3 is 1. The number of hydrogen-bond donors (Lipinski definition) is 1. The van der Waals surface area contributed by atoms with Gasteiger partial charge in [-0.2, -0.15) is 0 Å². The van der Waals surface area contributed by atoms with Gasteiger partial charge in [0.25, 0.3) is 5.91 Å². The standard InChI is InChI=1S/C22H31N3O3/c1-4-6-14-25(5-2)20-11-9-18(10-12-20)21(26)24-17-19-8-7-13-23-22(19)28-16-15-27-3/h7-13H,4-6,14-17H2,1-3H3,(H,24,26). The van der Waals surface area contributed by atoms with Crippen LogP contribution >= 0.6 is 0 Å². The first-order chi connectivity index (χ1) is 13.7. The molecule has 1 N–H and O–H groups in total. The Bertz CT molecular complexity index is 719. The van der Waals surface area contributed by atoms with Crippen molar-refractivity contribution in [1.82, 2.24) is 10.3 Å². The maximum Gasteiger partial charge on any atom is 0.251 e. The first-order valence-corrected chi connectivity index (χ1v) is 9.88. The molecule has 1 aromatic heterocycles. The Kier molecular flexibility index (Phi) is 9.28. The Hall–Kier alpha value is -2.60. The molecule has 1 amide bonds. The number of nitrogens with zero attached hydrogens (tertiary/aromatic N) is 2. The molecule has 0 spiro atoms. The van der Waals surface area contributed by atoms with Crippen LogP contribution in [0.2, 0.25) is 0 Å². The number of amides is 1. The molecule has 0 radical (unpaired) electrons. The Morgan fingerprint density at radius 3 is 2.61 bits per heavy atom. The summed E-state index contributed by atoms with van der Waals surface area (Å²) in [5.41, 5.74) is 2.62. The monoisotopic (exact) mass is 385 g/mol. The van der Waals surface area contributed by atoms with Crippen LogP contribution in [0.25, 0.3) is 0 Å². The molecule has 152 valence electrons. The summed E-state index contributed by atoms with van der Waals surface area (Å²) in [6.45, 7) is 7.59. The number of unbranched alkanes of at least 4 members (excludes halogenated alkanes) is 1. The third-order valence-corrected chi connectivity index (χ3v) is 4.47. The normalized spacial score (nSPS) is 10.5. The van der Waals surface area contributed by atoms with Crippen LogP contribution in [0.15, 0.2) is 42.6 Å². The molecule has 0 saturated carbocycles. The van der Waals surface area contributed by atoms with Gasteiger partial charge in [-0.05, 0) is 43.7 Å². The van der Waals surface area contributed by atoms with Crippen molar-refractivity contribution >= 4 is 11.6 Å². The fourth-order valence-corrected chi connectivity index (χ4v) is 2.83. The summed E-state index contributed by atoms with van der Waals surface area (Å²) >= 11 is 0. The van der Waals surface area contributed by atoms with E-state index in [9.17, 15) is 4.79 Å². The van der Waals surface area contributed by atoms with Gasteiger partial charge in [-0.1, -0.05) is 19.4 Å². The van der Waals surface area contributed by atoms with Crippen LogP contribution in [0.4, 0.5) is 5.69 Å². The highest BCUT2D eigenvalue weighted by Crippen LogP contribution is 2.17. The van der Waals surface area contributed by atoms with Crippen molar-refractivity contribution in [3.8, 4) is 5.88 Å². The molecule has 0 aliphatic rings. The third-order valence-electron chi connectivity index (χ3n) is 4.47. The second kappa shape index (κ2) is 12.0. The fourth-order valence-electron chi connectivity index (χ4n) is 2.83. The maximum atomic E-state index is 12.5. The molecule has 0 saturated heterocycles. The summed E-state index contributed by atoms with van der Waals surface area (Å²) in [6, 6.07) is 11.5. The van der Waals surface area contributed by atoms with E-state index in [1.165, 1.54) is 6.42 Å². The minimum atomic E-state index is -0.116.